The van der Waals surface area contributed by atoms with Crippen molar-refractivity contribution in [2.24, 2.45) is 17.6 Å². The molecule has 0 saturated carbocycles. The van der Waals surface area contributed by atoms with Crippen LogP contribution >= 0.6 is 0 Å². The molecule has 0 aromatic rings. The summed E-state index contributed by atoms with van der Waals surface area (Å²) in [6.45, 7) is 5.54. The molecule has 0 bridgehead atoms. The molecule has 1 nitrogen and oxygen atoms in total. The van der Waals surface area contributed by atoms with Gasteiger partial charge in [0, 0.05) is 0 Å². The summed E-state index contributed by atoms with van der Waals surface area (Å²) in [5, 5.41) is 0. The molecule has 0 aliphatic carbocycles. The molecule has 1 aliphatic rings. The maximum absolute atomic E-state index is 5.50. The van der Waals surface area contributed by atoms with Gasteiger partial charge in [0.2, 0.25) is 0 Å². The maximum atomic E-state index is 5.50. The first kappa shape index (κ1) is 10.1. The molecule has 0 aromatic heterocycles. The third-order valence-corrected chi connectivity index (χ3v) is 3.13. The Hall–Kier alpha value is 0.0249. The fourth-order valence-corrected chi connectivity index (χ4v) is 2.31. The van der Waals surface area contributed by atoms with E-state index < -0.39 is 0 Å². The van der Waals surface area contributed by atoms with Crippen LogP contribution in [0.3, 0.4) is 0 Å². The molecule has 0 aromatic carbocycles. The second-order valence-electron chi connectivity index (χ2n) is 4.66. The lowest BCUT2D eigenvalue weighted by Gasteiger charge is -2.37. The van der Waals surface area contributed by atoms with Crippen molar-refractivity contribution in [2.75, 3.05) is 6.54 Å². The van der Waals surface area contributed by atoms with Gasteiger partial charge in [0.15, 0.2) is 0 Å². The van der Waals surface area contributed by atoms with Crippen LogP contribution in [0.1, 0.15) is 33.1 Å². The van der Waals surface area contributed by atoms with Crippen molar-refractivity contribution >= 4 is 7.28 Å². The monoisotopic (exact) mass is 167 g/mol. The first-order valence-corrected chi connectivity index (χ1v) is 5.44. The molecule has 2 heteroatoms. The van der Waals surface area contributed by atoms with E-state index in [2.05, 4.69) is 13.8 Å². The van der Waals surface area contributed by atoms with E-state index in [1.807, 2.05) is 0 Å². The van der Waals surface area contributed by atoms with E-state index in [0.717, 1.165) is 24.2 Å². The summed E-state index contributed by atoms with van der Waals surface area (Å²) >= 11 is 0. The quantitative estimate of drug-likeness (QED) is 0.623. The molecule has 1 heterocycles. The zero-order chi connectivity index (χ0) is 8.97. The largest absolute Gasteiger partial charge is 0.330 e. The average molecular weight is 167 g/mol. The minimum atomic E-state index is 0.880. The van der Waals surface area contributed by atoms with Crippen LogP contribution in [-0.2, 0) is 0 Å². The molecule has 1 fully saturated rings. The Morgan fingerprint density at radius 2 is 2.25 bits per heavy atom. The van der Waals surface area contributed by atoms with E-state index >= 15 is 0 Å². The van der Waals surface area contributed by atoms with Crippen LogP contribution in [0.4, 0.5) is 0 Å². The highest BCUT2D eigenvalue weighted by Crippen LogP contribution is 2.41. The van der Waals surface area contributed by atoms with Crippen LogP contribution < -0.4 is 5.73 Å². The van der Waals surface area contributed by atoms with Gasteiger partial charge in [0.05, 0.1) is 0 Å². The van der Waals surface area contributed by atoms with Crippen LogP contribution in [-0.4, -0.2) is 13.8 Å². The molecule has 0 spiro atoms. The number of hydrogen-bond donors (Lipinski definition) is 1. The van der Waals surface area contributed by atoms with E-state index in [0.29, 0.717) is 0 Å². The van der Waals surface area contributed by atoms with E-state index in [-0.39, 0.29) is 0 Å². The van der Waals surface area contributed by atoms with Gasteiger partial charge in [0.1, 0.15) is 7.28 Å². The van der Waals surface area contributed by atoms with Crippen molar-refractivity contribution < 1.29 is 0 Å². The predicted molar refractivity (Wildman–Crippen MR) is 56.9 cm³/mol. The van der Waals surface area contributed by atoms with E-state index in [4.69, 9.17) is 5.73 Å². The van der Waals surface area contributed by atoms with Gasteiger partial charge < -0.3 is 5.73 Å². The minimum Gasteiger partial charge on any atom is -0.330 e. The fraction of sp³-hybridized carbons (Fsp3) is 1.00. The summed E-state index contributed by atoms with van der Waals surface area (Å²) < 4.78 is 0. The van der Waals surface area contributed by atoms with Crippen LogP contribution in [0.5, 0.6) is 0 Å². The summed E-state index contributed by atoms with van der Waals surface area (Å²) in [6, 6.07) is 0. The normalized spacial score (nSPS) is 28.3. The van der Waals surface area contributed by atoms with Crippen LogP contribution in [0.15, 0.2) is 0 Å². The third-order valence-electron chi connectivity index (χ3n) is 3.13. The van der Waals surface area contributed by atoms with Gasteiger partial charge >= 0.3 is 0 Å². The van der Waals surface area contributed by atoms with E-state index in [1.165, 1.54) is 32.9 Å². The molecular weight excluding hydrogens is 145 g/mol. The second kappa shape index (κ2) is 4.91. The molecule has 1 saturated heterocycles. The van der Waals surface area contributed by atoms with Gasteiger partial charge in [-0.25, -0.2) is 0 Å². The van der Waals surface area contributed by atoms with Crippen LogP contribution in [0.2, 0.25) is 12.1 Å². The Bertz CT molecular complexity index is 125. The third kappa shape index (κ3) is 2.82. The highest BCUT2D eigenvalue weighted by Gasteiger charge is 2.31. The topological polar surface area (TPSA) is 26.0 Å². The standard InChI is InChI=1S/C10H22BN/c1-8(2)6-10-9(7-11-10)4-3-5-12/h8-11H,3-7,12H2,1-2H3. The van der Waals surface area contributed by atoms with Gasteiger partial charge in [-0.3, -0.25) is 0 Å². The highest BCUT2D eigenvalue weighted by molar-refractivity contribution is 6.41. The molecule has 0 radical (unpaired) electrons. The molecule has 1 rings (SSSR count). The SMILES string of the molecule is CC(C)CC1BCC1CCCN. The maximum Gasteiger partial charge on any atom is 0.124 e. The molecular formula is C10H22BN. The summed E-state index contributed by atoms with van der Waals surface area (Å²) in [6.07, 6.45) is 5.53. The van der Waals surface area contributed by atoms with E-state index in [9.17, 15) is 0 Å². The Labute approximate surface area is 77.3 Å². The summed E-state index contributed by atoms with van der Waals surface area (Å²) in [5.74, 6) is 2.95. The molecule has 2 atom stereocenters. The second-order valence-corrected chi connectivity index (χ2v) is 4.66. The van der Waals surface area contributed by atoms with Crippen molar-refractivity contribution in [3.8, 4) is 0 Å². The average Bonchev–Trinajstić information content (AvgIpc) is 1.99. The summed E-state index contributed by atoms with van der Waals surface area (Å²) in [5.41, 5.74) is 5.50. The summed E-state index contributed by atoms with van der Waals surface area (Å²) in [4.78, 5) is 0. The molecule has 70 valence electrons. The smallest absolute Gasteiger partial charge is 0.124 e. The van der Waals surface area contributed by atoms with Crippen molar-refractivity contribution in [1.29, 1.82) is 0 Å². The zero-order valence-electron chi connectivity index (χ0n) is 8.55. The highest BCUT2D eigenvalue weighted by atomic mass is 14.5. The van der Waals surface area contributed by atoms with Gasteiger partial charge in [-0.1, -0.05) is 44.7 Å². The predicted octanol–water partition coefficient (Wildman–Crippen LogP) is 2.04. The van der Waals surface area contributed by atoms with Crippen molar-refractivity contribution in [2.45, 2.75) is 45.2 Å². The van der Waals surface area contributed by atoms with Gasteiger partial charge in [-0.05, 0) is 18.9 Å². The molecule has 0 amide bonds. The van der Waals surface area contributed by atoms with Gasteiger partial charge in [0.25, 0.3) is 0 Å². The Kier molecular flexibility index (Phi) is 4.13. The Morgan fingerprint density at radius 1 is 1.50 bits per heavy atom. The number of nitrogens with two attached hydrogens (primary N) is 1. The van der Waals surface area contributed by atoms with Crippen molar-refractivity contribution in [1.82, 2.24) is 0 Å². The lowest BCUT2D eigenvalue weighted by atomic mass is 9.40. The summed E-state index contributed by atoms with van der Waals surface area (Å²) in [7, 11) is 1.48. The first-order chi connectivity index (χ1) is 5.74. The molecule has 1 aliphatic heterocycles. The van der Waals surface area contributed by atoms with Crippen LogP contribution in [0.25, 0.3) is 0 Å². The first-order valence-electron chi connectivity index (χ1n) is 5.44. The van der Waals surface area contributed by atoms with Crippen molar-refractivity contribution in [3.05, 3.63) is 0 Å². The Balaban J connectivity index is 2.11. The van der Waals surface area contributed by atoms with Crippen molar-refractivity contribution in [3.63, 3.8) is 0 Å². The molecule has 2 unspecified atom stereocenters. The number of hydrogen-bond acceptors (Lipinski definition) is 1. The minimum absolute atomic E-state index is 0.880. The Morgan fingerprint density at radius 3 is 2.67 bits per heavy atom. The van der Waals surface area contributed by atoms with E-state index in [1.54, 1.807) is 0 Å². The fourth-order valence-electron chi connectivity index (χ4n) is 2.31. The lowest BCUT2D eigenvalue weighted by Crippen LogP contribution is -2.29. The van der Waals surface area contributed by atoms with Gasteiger partial charge in [-0.2, -0.15) is 0 Å². The zero-order valence-corrected chi connectivity index (χ0v) is 8.55. The lowest BCUT2D eigenvalue weighted by molar-refractivity contribution is 0.380. The number of rotatable bonds is 5. The van der Waals surface area contributed by atoms with Gasteiger partial charge in [-0.15, -0.1) is 0 Å². The molecule has 2 N–H and O–H groups in total. The molecule has 12 heavy (non-hydrogen) atoms. The van der Waals surface area contributed by atoms with Crippen LogP contribution in [0, 0.1) is 11.8 Å².